The Morgan fingerprint density at radius 3 is 1.56 bits per heavy atom. The Labute approximate surface area is 251 Å². The summed E-state index contributed by atoms with van der Waals surface area (Å²) in [5.41, 5.74) is 10.7. The Bertz CT molecular complexity index is 2360. The van der Waals surface area contributed by atoms with Gasteiger partial charge in [-0.05, 0) is 99.7 Å². The van der Waals surface area contributed by atoms with Gasteiger partial charge in [0.1, 0.15) is 0 Å². The summed E-state index contributed by atoms with van der Waals surface area (Å²) in [5, 5.41) is 10.3. The fourth-order valence-electron chi connectivity index (χ4n) is 7.88. The van der Waals surface area contributed by atoms with Gasteiger partial charge in [0.05, 0.1) is 0 Å². The predicted octanol–water partition coefficient (Wildman–Crippen LogP) is 11.9. The van der Waals surface area contributed by atoms with Crippen LogP contribution in [0.1, 0.15) is 25.0 Å². The van der Waals surface area contributed by atoms with Crippen LogP contribution in [0.15, 0.2) is 146 Å². The molecule has 0 nitrogen and oxygen atoms in total. The molecule has 0 saturated heterocycles. The Kier molecular flexibility index (Phi) is 5.05. The summed E-state index contributed by atoms with van der Waals surface area (Å²) in [6.45, 7) is 4.75. The lowest BCUT2D eigenvalue weighted by Gasteiger charge is -2.23. The normalized spacial score (nSPS) is 13.5. The monoisotopic (exact) mass is 546 g/mol. The third-order valence-electron chi connectivity index (χ3n) is 9.79. The highest BCUT2D eigenvalue weighted by atomic mass is 14.4. The minimum Gasteiger partial charge on any atom is -0.0619 e. The molecule has 0 saturated carbocycles. The zero-order valence-corrected chi connectivity index (χ0v) is 24.4. The van der Waals surface area contributed by atoms with E-state index in [1.807, 2.05) is 0 Å². The lowest BCUT2D eigenvalue weighted by Crippen LogP contribution is -2.15. The second-order valence-electron chi connectivity index (χ2n) is 12.5. The molecular weight excluding hydrogens is 516 g/mol. The fraction of sp³-hybridized carbons (Fsp3) is 0.0698. The molecule has 43 heavy (non-hydrogen) atoms. The van der Waals surface area contributed by atoms with Gasteiger partial charge >= 0.3 is 0 Å². The van der Waals surface area contributed by atoms with E-state index in [0.717, 1.165) is 0 Å². The highest BCUT2D eigenvalue weighted by Crippen LogP contribution is 2.52. The first-order valence-electron chi connectivity index (χ1n) is 15.2. The summed E-state index contributed by atoms with van der Waals surface area (Å²) in [7, 11) is 0. The van der Waals surface area contributed by atoms with Crippen LogP contribution in [0.25, 0.3) is 76.5 Å². The Morgan fingerprint density at radius 2 is 0.884 bits per heavy atom. The first kappa shape index (κ1) is 24.4. The number of rotatable bonds is 2. The molecule has 1 aliphatic rings. The van der Waals surface area contributed by atoms with Gasteiger partial charge in [-0.15, -0.1) is 0 Å². The van der Waals surface area contributed by atoms with Crippen molar-refractivity contribution in [1.82, 2.24) is 0 Å². The van der Waals surface area contributed by atoms with Crippen LogP contribution >= 0.6 is 0 Å². The van der Waals surface area contributed by atoms with Crippen LogP contribution < -0.4 is 0 Å². The van der Waals surface area contributed by atoms with Crippen LogP contribution in [0.3, 0.4) is 0 Å². The summed E-state index contributed by atoms with van der Waals surface area (Å²) in [6, 6.07) is 54.1. The van der Waals surface area contributed by atoms with Crippen LogP contribution in [0.4, 0.5) is 0 Å². The van der Waals surface area contributed by atoms with Crippen LogP contribution in [0.2, 0.25) is 0 Å². The molecule has 0 amide bonds. The Morgan fingerprint density at radius 1 is 0.372 bits per heavy atom. The van der Waals surface area contributed by atoms with E-state index in [0.29, 0.717) is 0 Å². The molecule has 0 bridgehead atoms. The minimum atomic E-state index is -0.0339. The largest absolute Gasteiger partial charge is 0.0619 e. The number of benzene rings is 8. The van der Waals surface area contributed by atoms with Crippen molar-refractivity contribution in [1.29, 1.82) is 0 Å². The smallest absolute Gasteiger partial charge is 0.0165 e. The van der Waals surface area contributed by atoms with E-state index in [1.165, 1.54) is 87.6 Å². The summed E-state index contributed by atoms with van der Waals surface area (Å²) < 4.78 is 0. The second-order valence-corrected chi connectivity index (χ2v) is 12.5. The molecule has 0 atom stereocenters. The van der Waals surface area contributed by atoms with Gasteiger partial charge in [0.25, 0.3) is 0 Å². The van der Waals surface area contributed by atoms with Crippen LogP contribution in [-0.2, 0) is 5.41 Å². The molecule has 0 unspecified atom stereocenters. The van der Waals surface area contributed by atoms with Crippen molar-refractivity contribution in [3.05, 3.63) is 157 Å². The third-order valence-corrected chi connectivity index (χ3v) is 9.79. The van der Waals surface area contributed by atoms with Gasteiger partial charge < -0.3 is 0 Å². The van der Waals surface area contributed by atoms with Gasteiger partial charge in [-0.1, -0.05) is 147 Å². The lowest BCUT2D eigenvalue weighted by atomic mass is 9.79. The van der Waals surface area contributed by atoms with Gasteiger partial charge in [-0.3, -0.25) is 0 Å². The van der Waals surface area contributed by atoms with Crippen LogP contribution in [0.5, 0.6) is 0 Å². The van der Waals surface area contributed by atoms with Crippen molar-refractivity contribution in [2.45, 2.75) is 19.3 Å². The van der Waals surface area contributed by atoms with Crippen molar-refractivity contribution in [3.8, 4) is 33.4 Å². The average molecular weight is 547 g/mol. The molecule has 0 radical (unpaired) electrons. The Hall–Kier alpha value is -5.20. The van der Waals surface area contributed by atoms with Crippen molar-refractivity contribution in [3.63, 3.8) is 0 Å². The highest BCUT2D eigenvalue weighted by molar-refractivity contribution is 6.22. The molecule has 8 aromatic rings. The van der Waals surface area contributed by atoms with Crippen LogP contribution in [-0.4, -0.2) is 0 Å². The summed E-state index contributed by atoms with van der Waals surface area (Å²) in [5.74, 6) is 0. The second kappa shape index (κ2) is 8.90. The molecule has 0 heteroatoms. The van der Waals surface area contributed by atoms with Crippen molar-refractivity contribution < 1.29 is 0 Å². The van der Waals surface area contributed by atoms with E-state index in [9.17, 15) is 0 Å². The first-order valence-corrected chi connectivity index (χ1v) is 15.2. The molecule has 0 aromatic heterocycles. The molecule has 9 rings (SSSR count). The SMILES string of the molecule is CC1(C)c2ccccc2-c2ccc3cc(-c4c5ccccc5c(-c5ccc6ccccc6c5)c5ccccc45)ccc3c21. The first-order chi connectivity index (χ1) is 21.1. The number of fused-ring (bicyclic) bond motifs is 8. The molecular formula is C43H30. The molecule has 202 valence electrons. The number of hydrogen-bond acceptors (Lipinski definition) is 0. The van der Waals surface area contributed by atoms with Gasteiger partial charge in [0, 0.05) is 5.41 Å². The van der Waals surface area contributed by atoms with E-state index in [4.69, 9.17) is 0 Å². The number of hydrogen-bond donors (Lipinski definition) is 0. The van der Waals surface area contributed by atoms with E-state index < -0.39 is 0 Å². The summed E-state index contributed by atoms with van der Waals surface area (Å²) >= 11 is 0. The minimum absolute atomic E-state index is 0.0339. The molecule has 0 aliphatic heterocycles. The predicted molar refractivity (Wildman–Crippen MR) is 185 cm³/mol. The van der Waals surface area contributed by atoms with E-state index in [-0.39, 0.29) is 5.41 Å². The molecule has 0 heterocycles. The zero-order valence-electron chi connectivity index (χ0n) is 24.4. The van der Waals surface area contributed by atoms with Crippen molar-refractivity contribution in [2.24, 2.45) is 0 Å². The van der Waals surface area contributed by atoms with Gasteiger partial charge in [0.15, 0.2) is 0 Å². The lowest BCUT2D eigenvalue weighted by molar-refractivity contribution is 0.666. The van der Waals surface area contributed by atoms with Gasteiger partial charge in [-0.25, -0.2) is 0 Å². The maximum Gasteiger partial charge on any atom is 0.0165 e. The topological polar surface area (TPSA) is 0 Å². The van der Waals surface area contributed by atoms with E-state index in [1.54, 1.807) is 0 Å². The fourth-order valence-corrected chi connectivity index (χ4v) is 7.88. The molecule has 1 aliphatic carbocycles. The molecule has 0 N–H and O–H groups in total. The zero-order chi connectivity index (χ0) is 28.7. The molecule has 0 fully saturated rings. The van der Waals surface area contributed by atoms with Crippen molar-refractivity contribution in [2.75, 3.05) is 0 Å². The maximum atomic E-state index is 2.42. The average Bonchev–Trinajstić information content (AvgIpc) is 3.29. The van der Waals surface area contributed by atoms with Crippen molar-refractivity contribution >= 4 is 43.1 Å². The maximum absolute atomic E-state index is 2.42. The quantitative estimate of drug-likeness (QED) is 0.189. The summed E-state index contributed by atoms with van der Waals surface area (Å²) in [4.78, 5) is 0. The standard InChI is InChI=1S/C43H30/c1-43(2)39-18-10-9-13-33(39)38-24-21-29-26-31(22-23-32(29)42(38)43)41-36-16-7-5-14-34(36)40(35-15-6-8-17-37(35)41)30-20-19-27-11-3-4-12-28(27)25-30/h3-26H,1-2H3. The molecule has 0 spiro atoms. The third kappa shape index (κ3) is 3.44. The Balaban J connectivity index is 1.32. The van der Waals surface area contributed by atoms with Gasteiger partial charge in [-0.2, -0.15) is 0 Å². The molecule has 8 aromatic carbocycles. The van der Waals surface area contributed by atoms with E-state index >= 15 is 0 Å². The summed E-state index contributed by atoms with van der Waals surface area (Å²) in [6.07, 6.45) is 0. The van der Waals surface area contributed by atoms with Crippen LogP contribution in [0, 0.1) is 0 Å². The van der Waals surface area contributed by atoms with Gasteiger partial charge in [0.2, 0.25) is 0 Å². The van der Waals surface area contributed by atoms with E-state index in [2.05, 4.69) is 159 Å². The highest BCUT2D eigenvalue weighted by Gasteiger charge is 2.36.